The summed E-state index contributed by atoms with van der Waals surface area (Å²) in [5.41, 5.74) is 1.13. The van der Waals surface area contributed by atoms with Crippen molar-refractivity contribution in [1.29, 1.82) is 0 Å². The second-order valence-corrected chi connectivity index (χ2v) is 5.87. The average molecular weight is 253 g/mol. The highest BCUT2D eigenvalue weighted by atomic mass is 32.1. The monoisotopic (exact) mass is 253 g/mol. The third kappa shape index (κ3) is 2.69. The van der Waals surface area contributed by atoms with Crippen LogP contribution in [0.25, 0.3) is 0 Å². The molecule has 0 amide bonds. The smallest absolute Gasteiger partial charge is 0.312 e. The first-order chi connectivity index (χ1) is 8.09. The van der Waals surface area contributed by atoms with Crippen LogP contribution in [0.3, 0.4) is 0 Å². The highest BCUT2D eigenvalue weighted by molar-refractivity contribution is 7.10. The summed E-state index contributed by atoms with van der Waals surface area (Å²) in [6, 6.07) is 2.02. The summed E-state index contributed by atoms with van der Waals surface area (Å²) in [5, 5.41) is 11.5. The molecular formula is C13H19NO2S. The number of hydrogen-bond acceptors (Lipinski definition) is 3. The van der Waals surface area contributed by atoms with Crippen molar-refractivity contribution >= 4 is 17.3 Å². The van der Waals surface area contributed by atoms with E-state index in [1.54, 1.807) is 11.3 Å². The van der Waals surface area contributed by atoms with Crippen molar-refractivity contribution in [3.8, 4) is 0 Å². The van der Waals surface area contributed by atoms with Crippen molar-refractivity contribution in [3.05, 3.63) is 21.9 Å². The second-order valence-electron chi connectivity index (χ2n) is 4.92. The van der Waals surface area contributed by atoms with Gasteiger partial charge in [0.15, 0.2) is 0 Å². The molecule has 3 nitrogen and oxygen atoms in total. The molecule has 1 aliphatic rings. The summed E-state index contributed by atoms with van der Waals surface area (Å²) in [5.74, 6) is -0.671. The van der Waals surface area contributed by atoms with Crippen molar-refractivity contribution in [3.63, 3.8) is 0 Å². The first-order valence-electron chi connectivity index (χ1n) is 6.05. The lowest BCUT2D eigenvalue weighted by Gasteiger charge is -2.32. The van der Waals surface area contributed by atoms with E-state index >= 15 is 0 Å². The molecule has 17 heavy (non-hydrogen) atoms. The third-order valence-electron chi connectivity index (χ3n) is 3.68. The van der Waals surface area contributed by atoms with Crippen molar-refractivity contribution < 1.29 is 9.90 Å². The van der Waals surface area contributed by atoms with Crippen molar-refractivity contribution in [2.75, 3.05) is 20.1 Å². The molecule has 1 fully saturated rings. The number of likely N-dealkylation sites (tertiary alicyclic amines) is 1. The van der Waals surface area contributed by atoms with E-state index in [0.717, 1.165) is 36.4 Å². The summed E-state index contributed by atoms with van der Waals surface area (Å²) >= 11 is 1.59. The lowest BCUT2D eigenvalue weighted by molar-refractivity contribution is -0.140. The van der Waals surface area contributed by atoms with Crippen LogP contribution in [-0.2, 0) is 4.79 Å². The van der Waals surface area contributed by atoms with Crippen LogP contribution in [-0.4, -0.2) is 36.1 Å². The molecule has 1 unspecified atom stereocenters. The predicted octanol–water partition coefficient (Wildman–Crippen LogP) is 2.57. The summed E-state index contributed by atoms with van der Waals surface area (Å²) < 4.78 is 0. The van der Waals surface area contributed by atoms with Gasteiger partial charge in [-0.15, -0.1) is 11.3 Å². The Morgan fingerprint density at radius 2 is 2.18 bits per heavy atom. The molecule has 4 heteroatoms. The molecule has 1 aromatic rings. The number of carboxylic acid groups (broad SMARTS) is 1. The maximum absolute atomic E-state index is 11.5. The number of thiophene rings is 1. The van der Waals surface area contributed by atoms with Crippen LogP contribution in [0.2, 0.25) is 0 Å². The summed E-state index contributed by atoms with van der Waals surface area (Å²) in [4.78, 5) is 14.8. The molecule has 1 saturated heterocycles. The van der Waals surface area contributed by atoms with E-state index in [4.69, 9.17) is 0 Å². The second kappa shape index (κ2) is 5.19. The summed E-state index contributed by atoms with van der Waals surface area (Å²) in [6.07, 6.45) is 1.98. The Labute approximate surface area is 106 Å². The molecule has 2 heterocycles. The third-order valence-corrected chi connectivity index (χ3v) is 4.79. The van der Waals surface area contributed by atoms with Crippen LogP contribution in [0, 0.1) is 12.8 Å². The van der Waals surface area contributed by atoms with E-state index in [0.29, 0.717) is 5.92 Å². The minimum absolute atomic E-state index is 0.293. The van der Waals surface area contributed by atoms with Crippen LogP contribution in [0.5, 0.6) is 0 Å². The van der Waals surface area contributed by atoms with Crippen molar-refractivity contribution in [2.24, 2.45) is 5.92 Å². The topological polar surface area (TPSA) is 40.5 Å². The number of piperidine rings is 1. The Morgan fingerprint density at radius 3 is 2.65 bits per heavy atom. The molecule has 0 aromatic carbocycles. The fraction of sp³-hybridized carbons (Fsp3) is 0.615. The lowest BCUT2D eigenvalue weighted by Crippen LogP contribution is -2.34. The molecule has 2 rings (SSSR count). The van der Waals surface area contributed by atoms with Crippen LogP contribution >= 0.6 is 11.3 Å². The molecule has 1 aliphatic heterocycles. The maximum Gasteiger partial charge on any atom is 0.312 e. The first-order valence-corrected chi connectivity index (χ1v) is 6.93. The zero-order valence-corrected chi connectivity index (χ0v) is 11.2. The van der Waals surface area contributed by atoms with E-state index in [1.807, 2.05) is 18.4 Å². The van der Waals surface area contributed by atoms with Gasteiger partial charge < -0.3 is 10.0 Å². The molecule has 94 valence electrons. The SMILES string of the molecule is Cc1ccsc1C(C(=O)O)C1CCN(C)CC1. The highest BCUT2D eigenvalue weighted by Crippen LogP contribution is 2.36. The number of rotatable bonds is 3. The summed E-state index contributed by atoms with van der Waals surface area (Å²) in [7, 11) is 2.10. The van der Waals surface area contributed by atoms with E-state index in [-0.39, 0.29) is 5.92 Å². The molecule has 0 aliphatic carbocycles. The van der Waals surface area contributed by atoms with Crippen LogP contribution < -0.4 is 0 Å². The number of carboxylic acids is 1. The Morgan fingerprint density at radius 1 is 1.53 bits per heavy atom. The van der Waals surface area contributed by atoms with Gasteiger partial charge in [0.05, 0.1) is 5.92 Å². The van der Waals surface area contributed by atoms with Crippen LogP contribution in [0.1, 0.15) is 29.2 Å². The fourth-order valence-corrected chi connectivity index (χ4v) is 3.71. The minimum atomic E-state index is -0.662. The largest absolute Gasteiger partial charge is 0.481 e. The lowest BCUT2D eigenvalue weighted by atomic mass is 9.82. The fourth-order valence-electron chi connectivity index (χ4n) is 2.59. The van der Waals surface area contributed by atoms with Gasteiger partial charge >= 0.3 is 5.97 Å². The minimum Gasteiger partial charge on any atom is -0.481 e. The number of aliphatic carboxylic acids is 1. The molecule has 0 spiro atoms. The van der Waals surface area contributed by atoms with E-state index < -0.39 is 5.97 Å². The maximum atomic E-state index is 11.5. The van der Waals surface area contributed by atoms with Gasteiger partial charge in [-0.25, -0.2) is 0 Å². The van der Waals surface area contributed by atoms with Crippen LogP contribution in [0.15, 0.2) is 11.4 Å². The Balaban J connectivity index is 2.19. The molecular weight excluding hydrogens is 234 g/mol. The Kier molecular flexibility index (Phi) is 3.84. The molecule has 1 atom stereocenters. The zero-order chi connectivity index (χ0) is 12.4. The van der Waals surface area contributed by atoms with Crippen molar-refractivity contribution in [1.82, 2.24) is 4.90 Å². The quantitative estimate of drug-likeness (QED) is 0.900. The van der Waals surface area contributed by atoms with Gasteiger partial charge in [-0.3, -0.25) is 4.79 Å². The molecule has 1 aromatic heterocycles. The predicted molar refractivity (Wildman–Crippen MR) is 69.7 cm³/mol. The van der Waals surface area contributed by atoms with Gasteiger partial charge in [0, 0.05) is 4.88 Å². The van der Waals surface area contributed by atoms with Gasteiger partial charge in [-0.2, -0.15) is 0 Å². The van der Waals surface area contributed by atoms with Gasteiger partial charge in [0.2, 0.25) is 0 Å². The standard InChI is InChI=1S/C13H19NO2S/c1-9-5-8-17-12(9)11(13(15)16)10-3-6-14(2)7-4-10/h5,8,10-11H,3-4,6-7H2,1-2H3,(H,15,16). The molecule has 0 saturated carbocycles. The average Bonchev–Trinajstić information content (AvgIpc) is 2.68. The van der Waals surface area contributed by atoms with E-state index in [2.05, 4.69) is 11.9 Å². The zero-order valence-electron chi connectivity index (χ0n) is 10.3. The Hall–Kier alpha value is -0.870. The first kappa shape index (κ1) is 12.6. The number of aryl methyl sites for hydroxylation is 1. The molecule has 0 radical (unpaired) electrons. The highest BCUT2D eigenvalue weighted by Gasteiger charge is 2.33. The van der Waals surface area contributed by atoms with E-state index in [1.165, 1.54) is 0 Å². The van der Waals surface area contributed by atoms with Gasteiger partial charge in [0.1, 0.15) is 0 Å². The van der Waals surface area contributed by atoms with Crippen LogP contribution in [0.4, 0.5) is 0 Å². The molecule has 1 N–H and O–H groups in total. The number of carbonyl (C=O) groups is 1. The van der Waals surface area contributed by atoms with E-state index in [9.17, 15) is 9.90 Å². The number of hydrogen-bond donors (Lipinski definition) is 1. The number of nitrogens with zero attached hydrogens (tertiary/aromatic N) is 1. The summed E-state index contributed by atoms with van der Waals surface area (Å²) in [6.45, 7) is 4.04. The molecule has 0 bridgehead atoms. The van der Waals surface area contributed by atoms with Gasteiger partial charge in [-0.05, 0) is 62.8 Å². The van der Waals surface area contributed by atoms with Gasteiger partial charge in [0.25, 0.3) is 0 Å². The van der Waals surface area contributed by atoms with Gasteiger partial charge in [-0.1, -0.05) is 0 Å². The van der Waals surface area contributed by atoms with Crippen molar-refractivity contribution in [2.45, 2.75) is 25.7 Å². The normalized spacial score (nSPS) is 20.4. The Bertz CT molecular complexity index is 394.